The first-order valence-electron chi connectivity index (χ1n) is 7.28. The summed E-state index contributed by atoms with van der Waals surface area (Å²) in [4.78, 5) is 14.5. The molecule has 0 aliphatic carbocycles. The van der Waals surface area contributed by atoms with Gasteiger partial charge in [0, 0.05) is 31.8 Å². The van der Waals surface area contributed by atoms with Crippen molar-refractivity contribution in [3.63, 3.8) is 0 Å². The van der Waals surface area contributed by atoms with Crippen LogP contribution >= 0.6 is 0 Å². The molecule has 2 heterocycles. The molecule has 2 aliphatic heterocycles. The van der Waals surface area contributed by atoms with Gasteiger partial charge in [-0.25, -0.2) is 0 Å². The number of carbonyl (C=O) groups excluding carboxylic acids is 1. The molecule has 2 saturated heterocycles. The summed E-state index contributed by atoms with van der Waals surface area (Å²) in [5.41, 5.74) is 2.28. The van der Waals surface area contributed by atoms with Crippen LogP contribution in [-0.2, 0) is 4.79 Å². The van der Waals surface area contributed by atoms with Crippen LogP contribution in [0.15, 0.2) is 11.1 Å². The lowest BCUT2D eigenvalue weighted by Gasteiger charge is -2.26. The van der Waals surface area contributed by atoms with Gasteiger partial charge in [-0.1, -0.05) is 13.8 Å². The molecular weight excluding hydrogens is 224 g/mol. The van der Waals surface area contributed by atoms with E-state index in [1.807, 2.05) is 6.92 Å². The predicted molar refractivity (Wildman–Crippen MR) is 74.3 cm³/mol. The van der Waals surface area contributed by atoms with Gasteiger partial charge in [0.15, 0.2) is 0 Å². The van der Waals surface area contributed by atoms with Crippen molar-refractivity contribution in [3.05, 3.63) is 11.1 Å². The lowest BCUT2D eigenvalue weighted by molar-refractivity contribution is -0.127. The van der Waals surface area contributed by atoms with Gasteiger partial charge in [0.25, 0.3) is 0 Å². The van der Waals surface area contributed by atoms with Gasteiger partial charge in [-0.05, 0) is 43.6 Å². The molecule has 3 heteroatoms. The summed E-state index contributed by atoms with van der Waals surface area (Å²) in [7, 11) is 0. The zero-order chi connectivity index (χ0) is 13.1. The van der Waals surface area contributed by atoms with Crippen LogP contribution in [0.2, 0.25) is 0 Å². The smallest absolute Gasteiger partial charge is 0.249 e. The quantitative estimate of drug-likeness (QED) is 0.762. The average molecular weight is 250 g/mol. The second-order valence-electron chi connectivity index (χ2n) is 6.06. The molecule has 1 atom stereocenters. The van der Waals surface area contributed by atoms with E-state index in [0.29, 0.717) is 0 Å². The van der Waals surface area contributed by atoms with E-state index in [4.69, 9.17) is 0 Å². The van der Waals surface area contributed by atoms with Crippen LogP contribution in [-0.4, -0.2) is 37.0 Å². The van der Waals surface area contributed by atoms with Gasteiger partial charge in [0.2, 0.25) is 5.91 Å². The van der Waals surface area contributed by atoms with Crippen LogP contribution in [0.4, 0.5) is 0 Å². The number of carbonyl (C=O) groups is 1. The highest BCUT2D eigenvalue weighted by Gasteiger charge is 2.25. The van der Waals surface area contributed by atoms with Crippen molar-refractivity contribution in [2.75, 3.05) is 26.2 Å². The van der Waals surface area contributed by atoms with E-state index in [0.717, 1.165) is 50.0 Å². The Morgan fingerprint density at radius 1 is 1.28 bits per heavy atom. The van der Waals surface area contributed by atoms with Gasteiger partial charge in [-0.15, -0.1) is 0 Å². The third kappa shape index (κ3) is 2.94. The van der Waals surface area contributed by atoms with Crippen LogP contribution in [0.3, 0.4) is 0 Å². The second-order valence-corrected chi connectivity index (χ2v) is 6.06. The molecular formula is C15H26N2O. The molecule has 2 fully saturated rings. The van der Waals surface area contributed by atoms with Crippen molar-refractivity contribution in [2.45, 2.75) is 40.0 Å². The standard InChI is InChI=1S/C15H26N2O/c1-11(2)13-5-4-7-17(8-6-13)15(18)12(3)14-9-16-10-14/h11,13,16H,4-10H2,1-3H3. The van der Waals surface area contributed by atoms with Gasteiger partial charge >= 0.3 is 0 Å². The van der Waals surface area contributed by atoms with Crippen molar-refractivity contribution in [1.82, 2.24) is 10.2 Å². The topological polar surface area (TPSA) is 32.3 Å². The van der Waals surface area contributed by atoms with Crippen LogP contribution in [0, 0.1) is 11.8 Å². The Kier molecular flexibility index (Phi) is 4.44. The van der Waals surface area contributed by atoms with E-state index in [-0.39, 0.29) is 5.91 Å². The van der Waals surface area contributed by atoms with E-state index in [1.54, 1.807) is 0 Å². The normalized spacial score (nSPS) is 24.8. The Morgan fingerprint density at radius 2 is 2.00 bits per heavy atom. The summed E-state index contributed by atoms with van der Waals surface area (Å²) in [5, 5.41) is 3.21. The lowest BCUT2D eigenvalue weighted by atomic mass is 9.89. The van der Waals surface area contributed by atoms with Gasteiger partial charge < -0.3 is 10.2 Å². The number of hydrogen-bond acceptors (Lipinski definition) is 2. The fourth-order valence-electron chi connectivity index (χ4n) is 2.90. The Bertz CT molecular complexity index is 340. The van der Waals surface area contributed by atoms with Crippen LogP contribution in [0.25, 0.3) is 0 Å². The average Bonchev–Trinajstić information content (AvgIpc) is 2.50. The monoisotopic (exact) mass is 250 g/mol. The van der Waals surface area contributed by atoms with Gasteiger partial charge in [0.05, 0.1) is 0 Å². The molecule has 0 radical (unpaired) electrons. The van der Waals surface area contributed by atoms with Crippen molar-refractivity contribution in [2.24, 2.45) is 11.8 Å². The Labute approximate surface area is 111 Å². The molecule has 2 aliphatic rings. The molecule has 18 heavy (non-hydrogen) atoms. The van der Waals surface area contributed by atoms with Crippen LogP contribution in [0.5, 0.6) is 0 Å². The minimum absolute atomic E-state index is 0.274. The zero-order valence-electron chi connectivity index (χ0n) is 12.0. The minimum atomic E-state index is 0.274. The maximum Gasteiger partial charge on any atom is 0.249 e. The van der Waals surface area contributed by atoms with E-state index < -0.39 is 0 Å². The third-order valence-electron chi connectivity index (χ3n) is 4.53. The third-order valence-corrected chi connectivity index (χ3v) is 4.53. The molecule has 2 rings (SSSR count). The summed E-state index contributed by atoms with van der Waals surface area (Å²) in [6.07, 6.45) is 3.61. The fourth-order valence-corrected chi connectivity index (χ4v) is 2.90. The number of rotatable bonds is 2. The minimum Gasteiger partial charge on any atom is -0.339 e. The van der Waals surface area contributed by atoms with Crippen molar-refractivity contribution < 1.29 is 4.79 Å². The molecule has 0 spiro atoms. The predicted octanol–water partition coefficient (Wildman–Crippen LogP) is 2.19. The van der Waals surface area contributed by atoms with E-state index in [9.17, 15) is 4.79 Å². The van der Waals surface area contributed by atoms with Crippen molar-refractivity contribution in [3.8, 4) is 0 Å². The number of hydrogen-bond donors (Lipinski definition) is 1. The Hall–Kier alpha value is -0.830. The molecule has 3 nitrogen and oxygen atoms in total. The van der Waals surface area contributed by atoms with Crippen LogP contribution in [0.1, 0.15) is 40.0 Å². The van der Waals surface area contributed by atoms with E-state index in [1.165, 1.54) is 18.4 Å². The maximum absolute atomic E-state index is 12.4. The highest BCUT2D eigenvalue weighted by atomic mass is 16.2. The van der Waals surface area contributed by atoms with Gasteiger partial charge in [-0.2, -0.15) is 0 Å². The van der Waals surface area contributed by atoms with E-state index in [2.05, 4.69) is 24.1 Å². The van der Waals surface area contributed by atoms with Gasteiger partial charge in [0.1, 0.15) is 0 Å². The largest absolute Gasteiger partial charge is 0.339 e. The maximum atomic E-state index is 12.4. The molecule has 1 N–H and O–H groups in total. The first-order chi connectivity index (χ1) is 8.59. The highest BCUT2D eigenvalue weighted by molar-refractivity contribution is 5.94. The number of likely N-dealkylation sites (tertiary alicyclic amines) is 1. The van der Waals surface area contributed by atoms with Gasteiger partial charge in [-0.3, -0.25) is 4.79 Å². The second kappa shape index (κ2) is 5.87. The molecule has 0 saturated carbocycles. The Morgan fingerprint density at radius 3 is 2.56 bits per heavy atom. The summed E-state index contributed by atoms with van der Waals surface area (Å²) < 4.78 is 0. The number of amides is 1. The molecule has 1 amide bonds. The number of nitrogens with zero attached hydrogens (tertiary/aromatic N) is 1. The van der Waals surface area contributed by atoms with E-state index >= 15 is 0 Å². The summed E-state index contributed by atoms with van der Waals surface area (Å²) in [6, 6.07) is 0. The molecule has 0 aromatic heterocycles. The van der Waals surface area contributed by atoms with Crippen LogP contribution < -0.4 is 5.32 Å². The Balaban J connectivity index is 1.95. The fraction of sp³-hybridized carbons (Fsp3) is 0.800. The first kappa shape index (κ1) is 13.6. The SMILES string of the molecule is CC(C(=O)N1CCCC(C(C)C)CC1)=C1CNC1. The molecule has 0 aromatic carbocycles. The number of nitrogens with one attached hydrogen (secondary N) is 1. The molecule has 0 bridgehead atoms. The molecule has 1 unspecified atom stereocenters. The molecule has 102 valence electrons. The summed E-state index contributed by atoms with van der Waals surface area (Å²) in [6.45, 7) is 10.3. The zero-order valence-corrected chi connectivity index (χ0v) is 12.0. The molecule has 0 aromatic rings. The summed E-state index contributed by atoms with van der Waals surface area (Å²) >= 11 is 0. The lowest BCUT2D eigenvalue weighted by Crippen LogP contribution is -2.39. The van der Waals surface area contributed by atoms with Crippen molar-refractivity contribution in [1.29, 1.82) is 0 Å². The first-order valence-corrected chi connectivity index (χ1v) is 7.28. The summed E-state index contributed by atoms with van der Waals surface area (Å²) in [5.74, 6) is 1.81. The van der Waals surface area contributed by atoms with Crippen molar-refractivity contribution >= 4 is 5.91 Å². The highest BCUT2D eigenvalue weighted by Crippen LogP contribution is 2.25.